The maximum Gasteiger partial charge on any atom is 0.127 e. The minimum atomic E-state index is -1.13. The van der Waals surface area contributed by atoms with Crippen LogP contribution in [0, 0.1) is 12.3 Å². The van der Waals surface area contributed by atoms with Crippen LogP contribution < -0.4 is 4.74 Å². The van der Waals surface area contributed by atoms with Gasteiger partial charge in [-0.3, -0.25) is 0 Å². The van der Waals surface area contributed by atoms with E-state index in [0.29, 0.717) is 0 Å². The van der Waals surface area contributed by atoms with Crippen molar-refractivity contribution in [3.63, 3.8) is 0 Å². The predicted octanol–water partition coefficient (Wildman–Crippen LogP) is 7.19. The summed E-state index contributed by atoms with van der Waals surface area (Å²) in [5.41, 5.74) is 6.66. The molecular formula is C34H54O4. The highest BCUT2D eigenvalue weighted by Crippen LogP contribution is 2.50. The summed E-state index contributed by atoms with van der Waals surface area (Å²) < 4.78 is 6.62. The molecule has 0 amide bonds. The van der Waals surface area contributed by atoms with Crippen LogP contribution in [0.5, 0.6) is 5.75 Å². The lowest BCUT2D eigenvalue weighted by Crippen LogP contribution is -2.40. The first-order chi connectivity index (χ1) is 17.1. The molecular weight excluding hydrogens is 472 g/mol. The third kappa shape index (κ3) is 6.81. The van der Waals surface area contributed by atoms with Crippen LogP contribution in [0.25, 0.3) is 11.1 Å². The van der Waals surface area contributed by atoms with Crippen molar-refractivity contribution in [3.8, 4) is 16.9 Å². The van der Waals surface area contributed by atoms with Crippen LogP contribution in [-0.2, 0) is 21.7 Å². The van der Waals surface area contributed by atoms with Crippen LogP contribution in [-0.4, -0.2) is 41.7 Å². The molecule has 0 bridgehead atoms. The van der Waals surface area contributed by atoms with E-state index >= 15 is 0 Å². The van der Waals surface area contributed by atoms with Gasteiger partial charge in [0.05, 0.1) is 25.2 Å². The van der Waals surface area contributed by atoms with Crippen LogP contribution in [0.2, 0.25) is 0 Å². The minimum Gasteiger partial charge on any atom is -0.492 e. The zero-order valence-corrected chi connectivity index (χ0v) is 26.4. The molecule has 0 unspecified atom stereocenters. The van der Waals surface area contributed by atoms with E-state index in [0.717, 1.165) is 22.4 Å². The van der Waals surface area contributed by atoms with E-state index in [2.05, 4.69) is 114 Å². The smallest absolute Gasteiger partial charge is 0.127 e. The van der Waals surface area contributed by atoms with Crippen molar-refractivity contribution in [2.24, 2.45) is 5.41 Å². The zero-order valence-electron chi connectivity index (χ0n) is 26.4. The van der Waals surface area contributed by atoms with Gasteiger partial charge in [0.2, 0.25) is 0 Å². The molecule has 0 aliphatic heterocycles. The number of rotatable bonds is 7. The monoisotopic (exact) mass is 526 g/mol. The third-order valence-electron chi connectivity index (χ3n) is 7.41. The van der Waals surface area contributed by atoms with Crippen molar-refractivity contribution < 1.29 is 20.1 Å². The molecule has 0 aliphatic carbocycles. The van der Waals surface area contributed by atoms with Crippen LogP contribution in [0.15, 0.2) is 24.3 Å². The lowest BCUT2D eigenvalue weighted by atomic mass is 9.69. The summed E-state index contributed by atoms with van der Waals surface area (Å²) in [6, 6.07) is 9.09. The van der Waals surface area contributed by atoms with E-state index in [1.54, 1.807) is 0 Å². The molecule has 0 saturated carbocycles. The lowest BCUT2D eigenvalue weighted by molar-refractivity contribution is -0.0265. The molecule has 0 aromatic heterocycles. The Bertz CT molecular complexity index is 1070. The van der Waals surface area contributed by atoms with Gasteiger partial charge in [0.1, 0.15) is 12.4 Å². The summed E-state index contributed by atoms with van der Waals surface area (Å²) in [4.78, 5) is 0. The number of hydrogen-bond acceptors (Lipinski definition) is 4. The quantitative estimate of drug-likeness (QED) is 0.357. The summed E-state index contributed by atoms with van der Waals surface area (Å²) in [6.07, 6.45) is 0. The number of benzene rings is 2. The molecule has 0 heterocycles. The molecule has 0 atom stereocenters. The van der Waals surface area contributed by atoms with Crippen LogP contribution in [0.4, 0.5) is 0 Å². The van der Waals surface area contributed by atoms with Gasteiger partial charge in [0, 0.05) is 5.56 Å². The second-order valence-corrected chi connectivity index (χ2v) is 15.4. The largest absolute Gasteiger partial charge is 0.492 e. The summed E-state index contributed by atoms with van der Waals surface area (Å²) >= 11 is 0. The molecule has 0 saturated heterocycles. The molecule has 38 heavy (non-hydrogen) atoms. The fourth-order valence-corrected chi connectivity index (χ4v) is 5.05. The molecule has 2 rings (SSSR count). The normalized spacial score (nSPS) is 13.7. The summed E-state index contributed by atoms with van der Waals surface area (Å²) in [7, 11) is 0. The van der Waals surface area contributed by atoms with Crippen LogP contribution >= 0.6 is 0 Å². The van der Waals surface area contributed by atoms with Crippen molar-refractivity contribution in [3.05, 3.63) is 52.1 Å². The Hall–Kier alpha value is -1.88. The Morgan fingerprint density at radius 3 is 1.37 bits per heavy atom. The van der Waals surface area contributed by atoms with Crippen molar-refractivity contribution in [2.45, 2.75) is 112 Å². The van der Waals surface area contributed by atoms with Gasteiger partial charge >= 0.3 is 0 Å². The van der Waals surface area contributed by atoms with E-state index in [1.807, 2.05) is 0 Å². The van der Waals surface area contributed by atoms with E-state index in [4.69, 9.17) is 4.74 Å². The first-order valence-electron chi connectivity index (χ1n) is 13.9. The van der Waals surface area contributed by atoms with E-state index in [1.165, 1.54) is 22.3 Å². The highest BCUT2D eigenvalue weighted by atomic mass is 16.5. The minimum absolute atomic E-state index is 0.0122. The van der Waals surface area contributed by atoms with Crippen LogP contribution in [0.3, 0.4) is 0 Å². The van der Waals surface area contributed by atoms with Crippen LogP contribution in [0.1, 0.15) is 111 Å². The molecule has 214 valence electrons. The van der Waals surface area contributed by atoms with Gasteiger partial charge in [-0.2, -0.15) is 0 Å². The number of aliphatic hydroxyl groups is 3. The number of hydrogen-bond donors (Lipinski definition) is 3. The summed E-state index contributed by atoms with van der Waals surface area (Å²) in [6.45, 7) is 27.9. The fraction of sp³-hybridized carbons (Fsp3) is 0.647. The molecule has 2 aromatic carbocycles. The Morgan fingerprint density at radius 2 is 1.03 bits per heavy atom. The number of aliphatic hydroxyl groups excluding tert-OH is 3. The first kappa shape index (κ1) is 32.3. The fourth-order valence-electron chi connectivity index (χ4n) is 5.05. The van der Waals surface area contributed by atoms with Gasteiger partial charge in [0.15, 0.2) is 0 Å². The SMILES string of the molecule is Cc1cc(C(C)(C)C)c(-c2ccc(C(C)(C)C)c(OCC(CO)(CO)CO)c2C(C)(C)C)c(C(C)(C)C)c1. The topological polar surface area (TPSA) is 69.9 Å². The van der Waals surface area contributed by atoms with Crippen molar-refractivity contribution in [1.82, 2.24) is 0 Å². The molecule has 0 fully saturated rings. The summed E-state index contributed by atoms with van der Waals surface area (Å²) in [5.74, 6) is 0.780. The average molecular weight is 527 g/mol. The second kappa shape index (κ2) is 10.9. The molecule has 0 aliphatic rings. The first-order valence-corrected chi connectivity index (χ1v) is 13.9. The molecule has 0 spiro atoms. The Morgan fingerprint density at radius 1 is 0.605 bits per heavy atom. The molecule has 4 heteroatoms. The van der Waals surface area contributed by atoms with Gasteiger partial charge in [-0.15, -0.1) is 0 Å². The zero-order chi connectivity index (χ0) is 29.5. The molecule has 4 nitrogen and oxygen atoms in total. The second-order valence-electron chi connectivity index (χ2n) is 15.4. The van der Waals surface area contributed by atoms with Gasteiger partial charge in [-0.25, -0.2) is 0 Å². The molecule has 2 aromatic rings. The van der Waals surface area contributed by atoms with Crippen molar-refractivity contribution in [2.75, 3.05) is 26.4 Å². The maximum atomic E-state index is 10.0. The lowest BCUT2D eigenvalue weighted by Gasteiger charge is -2.37. The highest BCUT2D eigenvalue weighted by molar-refractivity contribution is 5.80. The van der Waals surface area contributed by atoms with Gasteiger partial charge in [-0.05, 0) is 56.4 Å². The van der Waals surface area contributed by atoms with Crippen molar-refractivity contribution in [1.29, 1.82) is 0 Å². The van der Waals surface area contributed by atoms with E-state index < -0.39 is 5.41 Å². The Labute approximate surface area is 232 Å². The number of ether oxygens (including phenoxy) is 1. The molecule has 3 N–H and O–H groups in total. The highest BCUT2D eigenvalue weighted by Gasteiger charge is 2.36. The van der Waals surface area contributed by atoms with Gasteiger partial charge in [-0.1, -0.05) is 113 Å². The van der Waals surface area contributed by atoms with Gasteiger partial charge < -0.3 is 20.1 Å². The van der Waals surface area contributed by atoms with Gasteiger partial charge in [0.25, 0.3) is 0 Å². The Kier molecular flexibility index (Phi) is 9.31. The molecule has 0 radical (unpaired) electrons. The maximum absolute atomic E-state index is 10.0. The summed E-state index contributed by atoms with van der Waals surface area (Å²) in [5, 5.41) is 30.1. The van der Waals surface area contributed by atoms with E-state index in [-0.39, 0.29) is 48.1 Å². The third-order valence-corrected chi connectivity index (χ3v) is 7.41. The standard InChI is InChI=1S/C34H54O4/c1-22-16-25(31(5,6)7)27(26(17-22)32(8,9)10)23-14-15-24(30(2,3)4)29(28(23)33(11,12)13)38-21-34(18-35,19-36)20-37/h14-17,35-37H,18-21H2,1-13H3. The van der Waals surface area contributed by atoms with Crippen molar-refractivity contribution >= 4 is 0 Å². The van der Waals surface area contributed by atoms with E-state index in [9.17, 15) is 15.3 Å². The average Bonchev–Trinajstić information content (AvgIpc) is 2.76. The predicted molar refractivity (Wildman–Crippen MR) is 161 cm³/mol. The number of aryl methyl sites for hydroxylation is 1. The Balaban J connectivity index is 3.13.